The molecule has 0 atom stereocenters. The Morgan fingerprint density at radius 2 is 0.818 bits per heavy atom. The average molecular weight is 156 g/mol. The molecule has 0 unspecified atom stereocenters. The van der Waals surface area contributed by atoms with Gasteiger partial charge in [-0.3, -0.25) is 0 Å². The van der Waals surface area contributed by atoms with Gasteiger partial charge in [0.1, 0.15) is 0 Å². The quantitative estimate of drug-likeness (QED) is 0.450. The van der Waals surface area contributed by atoms with Gasteiger partial charge >= 0.3 is 0 Å². The second kappa shape index (κ2) is 9.48. The highest BCUT2D eigenvalue weighted by Crippen LogP contribution is 1.96. The van der Waals surface area contributed by atoms with Crippen molar-refractivity contribution >= 4 is 0 Å². The SMILES string of the molecule is C.C=C(C)C.CC(C)=C(C)C. The van der Waals surface area contributed by atoms with E-state index in [0.29, 0.717) is 0 Å². The van der Waals surface area contributed by atoms with E-state index in [-0.39, 0.29) is 7.43 Å². The van der Waals surface area contributed by atoms with Crippen LogP contribution in [0.15, 0.2) is 23.3 Å². The van der Waals surface area contributed by atoms with Crippen LogP contribution < -0.4 is 0 Å². The maximum atomic E-state index is 3.56. The van der Waals surface area contributed by atoms with Crippen molar-refractivity contribution in [3.63, 3.8) is 0 Å². The summed E-state index contributed by atoms with van der Waals surface area (Å²) in [5, 5.41) is 0. The third kappa shape index (κ3) is 43.8. The number of rotatable bonds is 0. The van der Waals surface area contributed by atoms with Crippen molar-refractivity contribution in [1.82, 2.24) is 0 Å². The van der Waals surface area contributed by atoms with E-state index in [0.717, 1.165) is 0 Å². The zero-order chi connectivity index (χ0) is 8.73. The molecule has 0 rings (SSSR count). The molecule has 0 aliphatic rings. The number of hydrogen-bond donors (Lipinski definition) is 0. The topological polar surface area (TPSA) is 0 Å². The Morgan fingerprint density at radius 1 is 0.727 bits per heavy atom. The van der Waals surface area contributed by atoms with Crippen LogP contribution in [0.3, 0.4) is 0 Å². The second-order valence-electron chi connectivity index (χ2n) is 3.21. The molecular weight excluding hydrogens is 132 g/mol. The van der Waals surface area contributed by atoms with E-state index < -0.39 is 0 Å². The van der Waals surface area contributed by atoms with E-state index in [1.165, 1.54) is 16.7 Å². The molecule has 0 amide bonds. The fourth-order valence-electron chi connectivity index (χ4n) is 0. The summed E-state index contributed by atoms with van der Waals surface area (Å²) >= 11 is 0. The molecule has 0 N–H and O–H groups in total. The summed E-state index contributed by atoms with van der Waals surface area (Å²) in [5.41, 5.74) is 4.02. The van der Waals surface area contributed by atoms with Crippen LogP contribution in [-0.4, -0.2) is 0 Å². The Morgan fingerprint density at radius 3 is 0.818 bits per heavy atom. The van der Waals surface area contributed by atoms with Gasteiger partial charge < -0.3 is 0 Å². The molecule has 0 bridgehead atoms. The summed E-state index contributed by atoms with van der Waals surface area (Å²) < 4.78 is 0. The van der Waals surface area contributed by atoms with Gasteiger partial charge in [-0.15, -0.1) is 6.58 Å². The third-order valence-electron chi connectivity index (χ3n) is 1.00. The maximum absolute atomic E-state index is 3.56. The van der Waals surface area contributed by atoms with Crippen LogP contribution >= 0.6 is 0 Å². The Hall–Kier alpha value is -0.520. The first-order valence-corrected chi connectivity index (χ1v) is 3.60. The highest BCUT2D eigenvalue weighted by Gasteiger charge is 1.75. The van der Waals surface area contributed by atoms with Crippen LogP contribution in [0.1, 0.15) is 49.0 Å². The van der Waals surface area contributed by atoms with E-state index in [1.54, 1.807) is 0 Å². The highest BCUT2D eigenvalue weighted by molar-refractivity contribution is 5.02. The molecule has 0 spiro atoms. The van der Waals surface area contributed by atoms with Gasteiger partial charge in [0.2, 0.25) is 0 Å². The zero-order valence-corrected chi connectivity index (χ0v) is 8.21. The summed E-state index contributed by atoms with van der Waals surface area (Å²) in [7, 11) is 0. The third-order valence-corrected chi connectivity index (χ3v) is 1.00. The molecule has 0 saturated heterocycles. The molecule has 0 aliphatic heterocycles. The van der Waals surface area contributed by atoms with Crippen LogP contribution in [0.2, 0.25) is 0 Å². The van der Waals surface area contributed by atoms with Crippen LogP contribution in [-0.2, 0) is 0 Å². The first kappa shape index (κ1) is 16.8. The molecule has 0 radical (unpaired) electrons. The van der Waals surface area contributed by atoms with E-state index in [4.69, 9.17) is 0 Å². The molecule has 0 aromatic carbocycles. The fourth-order valence-corrected chi connectivity index (χ4v) is 0. The molecule has 11 heavy (non-hydrogen) atoms. The summed E-state index contributed by atoms with van der Waals surface area (Å²) in [6.45, 7) is 16.0. The lowest BCUT2D eigenvalue weighted by atomic mass is 10.2. The van der Waals surface area contributed by atoms with Crippen molar-refractivity contribution in [3.05, 3.63) is 23.3 Å². The number of hydrogen-bond acceptors (Lipinski definition) is 0. The molecule has 0 aromatic heterocycles. The molecule has 0 heterocycles. The Bertz CT molecular complexity index is 105. The lowest BCUT2D eigenvalue weighted by Gasteiger charge is -1.88. The minimum Gasteiger partial charge on any atom is -0.100 e. The van der Waals surface area contributed by atoms with Gasteiger partial charge in [0.25, 0.3) is 0 Å². The van der Waals surface area contributed by atoms with Crippen molar-refractivity contribution in [2.45, 2.75) is 49.0 Å². The van der Waals surface area contributed by atoms with Crippen LogP contribution in [0.25, 0.3) is 0 Å². The summed E-state index contributed by atoms with van der Waals surface area (Å²) in [6, 6.07) is 0. The molecule has 0 heteroatoms. The minimum atomic E-state index is 0. The van der Waals surface area contributed by atoms with Gasteiger partial charge in [0.15, 0.2) is 0 Å². The highest BCUT2D eigenvalue weighted by atomic mass is 13.8. The summed E-state index contributed by atoms with van der Waals surface area (Å²) in [6.07, 6.45) is 0. The Kier molecular flexibility index (Phi) is 14.5. The van der Waals surface area contributed by atoms with E-state index in [2.05, 4.69) is 34.3 Å². The van der Waals surface area contributed by atoms with Crippen LogP contribution in [0.4, 0.5) is 0 Å². The van der Waals surface area contributed by atoms with Crippen molar-refractivity contribution in [2.24, 2.45) is 0 Å². The van der Waals surface area contributed by atoms with Crippen LogP contribution in [0.5, 0.6) is 0 Å². The molecule has 0 fully saturated rings. The first-order valence-electron chi connectivity index (χ1n) is 3.60. The van der Waals surface area contributed by atoms with Crippen molar-refractivity contribution in [1.29, 1.82) is 0 Å². The lowest BCUT2D eigenvalue weighted by Crippen LogP contribution is -1.66. The van der Waals surface area contributed by atoms with Gasteiger partial charge in [-0.25, -0.2) is 0 Å². The summed E-state index contributed by atoms with van der Waals surface area (Å²) in [4.78, 5) is 0. The fraction of sp³-hybridized carbons (Fsp3) is 0.636. The van der Waals surface area contributed by atoms with Gasteiger partial charge in [-0.05, 0) is 41.5 Å². The molecule has 0 aliphatic carbocycles. The lowest BCUT2D eigenvalue weighted by molar-refractivity contribution is 1.23. The molecular formula is C11H24. The van der Waals surface area contributed by atoms with E-state index in [1.807, 2.05) is 13.8 Å². The van der Waals surface area contributed by atoms with E-state index in [9.17, 15) is 0 Å². The predicted molar refractivity (Wildman–Crippen MR) is 56.9 cm³/mol. The van der Waals surface area contributed by atoms with Crippen molar-refractivity contribution in [2.75, 3.05) is 0 Å². The smallest absolute Gasteiger partial charge is 0.0440 e. The predicted octanol–water partition coefficient (Wildman–Crippen LogP) is 4.58. The number of allylic oxidation sites excluding steroid dienone is 3. The molecule has 0 aromatic rings. The second-order valence-corrected chi connectivity index (χ2v) is 3.21. The van der Waals surface area contributed by atoms with E-state index >= 15 is 0 Å². The largest absolute Gasteiger partial charge is 0.100 e. The Balaban J connectivity index is -0.000000114. The molecule has 0 nitrogen and oxygen atoms in total. The standard InChI is InChI=1S/C6H12.C4H8.CH4/c1-5(2)6(3)4;1-4(2)3;/h1-4H3;1H2,2-3H3;1H4. The normalized spacial score (nSPS) is 6.73. The zero-order valence-electron chi connectivity index (χ0n) is 8.21. The summed E-state index contributed by atoms with van der Waals surface area (Å²) in [5.74, 6) is 0. The van der Waals surface area contributed by atoms with Gasteiger partial charge in [-0.2, -0.15) is 0 Å². The Labute approximate surface area is 73.0 Å². The first-order chi connectivity index (χ1) is 4.37. The minimum absolute atomic E-state index is 0. The van der Waals surface area contributed by atoms with Crippen molar-refractivity contribution < 1.29 is 0 Å². The van der Waals surface area contributed by atoms with Gasteiger partial charge in [0.05, 0.1) is 0 Å². The van der Waals surface area contributed by atoms with Crippen molar-refractivity contribution in [3.8, 4) is 0 Å². The monoisotopic (exact) mass is 156 g/mol. The average Bonchev–Trinajstić information content (AvgIpc) is 1.63. The van der Waals surface area contributed by atoms with Crippen LogP contribution in [0, 0.1) is 0 Å². The molecule has 0 saturated carbocycles. The molecule has 68 valence electrons. The van der Waals surface area contributed by atoms with Gasteiger partial charge in [-0.1, -0.05) is 24.1 Å². The van der Waals surface area contributed by atoms with Gasteiger partial charge in [0, 0.05) is 0 Å². The maximum Gasteiger partial charge on any atom is -0.0440 e.